The quantitative estimate of drug-likeness (QED) is 0.195. The number of hydrogen-bond donors (Lipinski definition) is 0. The summed E-state index contributed by atoms with van der Waals surface area (Å²) in [5.41, 5.74) is 10.3. The van der Waals surface area contributed by atoms with Crippen LogP contribution >= 0.6 is 7.92 Å². The van der Waals surface area contributed by atoms with Gasteiger partial charge in [0, 0.05) is 11.4 Å². The van der Waals surface area contributed by atoms with Gasteiger partial charge in [-0.2, -0.15) is 0 Å². The van der Waals surface area contributed by atoms with Gasteiger partial charge in [0.05, 0.1) is 14.2 Å². The lowest BCUT2D eigenvalue weighted by Crippen LogP contribution is -2.58. The molecule has 3 aromatic rings. The predicted molar refractivity (Wildman–Crippen MR) is 221 cm³/mol. The smallest absolute Gasteiger partial charge is 0.130 e. The van der Waals surface area contributed by atoms with Crippen molar-refractivity contribution in [2.45, 2.75) is 147 Å². The molecule has 8 aliphatic carbocycles. The van der Waals surface area contributed by atoms with E-state index in [2.05, 4.69) is 90.1 Å². The molecule has 0 aromatic heterocycles. The first-order chi connectivity index (χ1) is 25.0. The van der Waals surface area contributed by atoms with E-state index in [1.165, 1.54) is 116 Å². The normalized spacial score (nSPS) is 33.4. The van der Waals surface area contributed by atoms with Crippen LogP contribution in [0.5, 0.6) is 11.5 Å². The average molecular weight is 717 g/mol. The van der Waals surface area contributed by atoms with Gasteiger partial charge in [0.1, 0.15) is 11.5 Å². The van der Waals surface area contributed by atoms with Crippen molar-refractivity contribution in [3.8, 4) is 33.8 Å². The van der Waals surface area contributed by atoms with Crippen molar-refractivity contribution in [1.29, 1.82) is 0 Å². The molecule has 0 spiro atoms. The van der Waals surface area contributed by atoms with E-state index in [1.54, 1.807) is 5.30 Å². The van der Waals surface area contributed by atoms with Crippen molar-refractivity contribution in [1.82, 2.24) is 0 Å². The van der Waals surface area contributed by atoms with Crippen LogP contribution in [-0.2, 0) is 0 Å². The number of benzene rings is 3. The Bertz CT molecular complexity index is 1700. The Morgan fingerprint density at radius 1 is 0.558 bits per heavy atom. The van der Waals surface area contributed by atoms with Gasteiger partial charge in [-0.05, 0) is 186 Å². The summed E-state index contributed by atoms with van der Waals surface area (Å²) in [5, 5.41) is 2.51. The highest BCUT2D eigenvalue weighted by Gasteiger charge is 2.64. The molecule has 11 rings (SSSR count). The minimum absolute atomic E-state index is 0.358. The maximum atomic E-state index is 6.77. The second kappa shape index (κ2) is 13.2. The zero-order valence-electron chi connectivity index (χ0n) is 33.6. The van der Waals surface area contributed by atoms with Crippen molar-refractivity contribution in [2.75, 3.05) is 14.2 Å². The maximum Gasteiger partial charge on any atom is 0.130 e. The Morgan fingerprint density at radius 3 is 1.42 bits per heavy atom. The molecule has 8 saturated carbocycles. The van der Waals surface area contributed by atoms with Gasteiger partial charge in [0.2, 0.25) is 0 Å². The third kappa shape index (κ3) is 5.65. The molecule has 0 N–H and O–H groups in total. The zero-order valence-corrected chi connectivity index (χ0v) is 34.5. The first-order valence-electron chi connectivity index (χ1n) is 21.3. The van der Waals surface area contributed by atoms with Crippen LogP contribution in [0.15, 0.2) is 48.5 Å². The molecule has 0 aliphatic heterocycles. The van der Waals surface area contributed by atoms with E-state index < -0.39 is 7.92 Å². The van der Waals surface area contributed by atoms with Gasteiger partial charge in [0.15, 0.2) is 0 Å². The molecule has 0 unspecified atom stereocenters. The molecular formula is C49H65O2P. The number of ether oxygens (including phenoxy) is 2. The molecule has 278 valence electrons. The molecule has 0 amide bonds. The molecule has 8 bridgehead atoms. The number of rotatable bonds is 10. The Balaban J connectivity index is 1.39. The van der Waals surface area contributed by atoms with Gasteiger partial charge in [-0.15, -0.1) is 0 Å². The SMILES string of the molecule is COc1cc(OC)c(P(C23CC4CC(CC(C4)C2)C3)C23CC4CC(CC(C4)C2)C3)c(-c2c(C(C)C)cc(C(C)C)c(-c3ccccc3)c2C(C)C)c1. The van der Waals surface area contributed by atoms with Crippen LogP contribution < -0.4 is 14.8 Å². The summed E-state index contributed by atoms with van der Waals surface area (Å²) in [6.45, 7) is 14.6. The number of hydrogen-bond acceptors (Lipinski definition) is 2. The van der Waals surface area contributed by atoms with Crippen LogP contribution in [-0.4, -0.2) is 24.5 Å². The van der Waals surface area contributed by atoms with Gasteiger partial charge in [-0.3, -0.25) is 0 Å². The summed E-state index contributed by atoms with van der Waals surface area (Å²) >= 11 is 0. The standard InChI is InChI=1S/C49H65O2P/c1-29(2)40-22-41(30(3)4)46(44(31(5)6)45(40)38-12-10-9-11-13-38)42-20-39(50-7)21-43(51-8)47(42)52(48-23-32-14-33(24-48)16-34(15-32)25-48)49-26-35-17-36(27-49)19-37(18-35)28-49/h9-13,20-22,29-37H,14-19,23-28H2,1-8H3. The van der Waals surface area contributed by atoms with Crippen LogP contribution in [0.1, 0.15) is 153 Å². The largest absolute Gasteiger partial charge is 0.497 e. The molecule has 0 atom stereocenters. The molecule has 0 radical (unpaired) electrons. The third-order valence-corrected chi connectivity index (χ3v) is 19.2. The summed E-state index contributed by atoms with van der Waals surface area (Å²) in [6, 6.07) is 18.8. The maximum absolute atomic E-state index is 6.77. The van der Waals surface area contributed by atoms with Gasteiger partial charge in [-0.1, -0.05) is 85.9 Å². The van der Waals surface area contributed by atoms with E-state index in [1.807, 2.05) is 14.2 Å². The van der Waals surface area contributed by atoms with Crippen LogP contribution in [0, 0.1) is 35.5 Å². The second-order valence-corrected chi connectivity index (χ2v) is 22.9. The van der Waals surface area contributed by atoms with Crippen LogP contribution in [0.4, 0.5) is 0 Å². The highest BCUT2D eigenvalue weighted by atomic mass is 31.1. The Labute approximate surface area is 317 Å². The molecule has 3 aromatic carbocycles. The van der Waals surface area contributed by atoms with Gasteiger partial charge >= 0.3 is 0 Å². The Kier molecular flexibility index (Phi) is 8.97. The molecule has 3 heteroatoms. The van der Waals surface area contributed by atoms with Gasteiger partial charge < -0.3 is 9.47 Å². The molecule has 0 heterocycles. The van der Waals surface area contributed by atoms with Crippen LogP contribution in [0.25, 0.3) is 22.3 Å². The van der Waals surface area contributed by atoms with E-state index in [0.717, 1.165) is 47.0 Å². The highest BCUT2D eigenvalue weighted by molar-refractivity contribution is 7.69. The lowest BCUT2D eigenvalue weighted by Gasteiger charge is -2.67. The topological polar surface area (TPSA) is 18.5 Å². The third-order valence-electron chi connectivity index (χ3n) is 15.3. The second-order valence-electron chi connectivity index (χ2n) is 19.9. The Morgan fingerprint density at radius 2 is 1.02 bits per heavy atom. The van der Waals surface area contributed by atoms with Crippen molar-refractivity contribution in [3.63, 3.8) is 0 Å². The average Bonchev–Trinajstić information content (AvgIpc) is 3.09. The predicted octanol–water partition coefficient (Wildman–Crippen LogP) is 13.5. The van der Waals surface area contributed by atoms with Crippen molar-refractivity contribution in [2.24, 2.45) is 35.5 Å². The van der Waals surface area contributed by atoms with Crippen molar-refractivity contribution < 1.29 is 9.47 Å². The zero-order chi connectivity index (χ0) is 36.1. The highest BCUT2D eigenvalue weighted by Crippen LogP contribution is 2.79. The molecule has 8 aliphatic rings. The van der Waals surface area contributed by atoms with Crippen molar-refractivity contribution in [3.05, 3.63) is 65.2 Å². The molecule has 0 saturated heterocycles. The first-order valence-corrected chi connectivity index (χ1v) is 22.7. The Hall–Kier alpha value is -2.31. The lowest BCUT2D eigenvalue weighted by atomic mass is 9.55. The van der Waals surface area contributed by atoms with Crippen LogP contribution in [0.3, 0.4) is 0 Å². The summed E-state index contributed by atoms with van der Waals surface area (Å²) in [4.78, 5) is 0. The first kappa shape index (κ1) is 35.4. The van der Waals surface area contributed by atoms with E-state index in [0.29, 0.717) is 28.1 Å². The van der Waals surface area contributed by atoms with Crippen molar-refractivity contribution >= 4 is 13.2 Å². The lowest BCUT2D eigenvalue weighted by molar-refractivity contribution is 0.0195. The van der Waals surface area contributed by atoms with Crippen LogP contribution in [0.2, 0.25) is 0 Å². The monoisotopic (exact) mass is 716 g/mol. The summed E-state index contributed by atoms with van der Waals surface area (Å²) < 4.78 is 13.0. The van der Waals surface area contributed by atoms with E-state index >= 15 is 0 Å². The van der Waals surface area contributed by atoms with Gasteiger partial charge in [0.25, 0.3) is 0 Å². The minimum atomic E-state index is -0.520. The summed E-state index contributed by atoms with van der Waals surface area (Å²) in [7, 11) is 3.32. The molecule has 2 nitrogen and oxygen atoms in total. The number of methoxy groups -OCH3 is 2. The fourth-order valence-electron chi connectivity index (χ4n) is 14.4. The van der Waals surface area contributed by atoms with E-state index in [9.17, 15) is 0 Å². The summed E-state index contributed by atoms with van der Waals surface area (Å²) in [6.07, 6.45) is 17.8. The molecule has 8 fully saturated rings. The van der Waals surface area contributed by atoms with E-state index in [-0.39, 0.29) is 0 Å². The summed E-state index contributed by atoms with van der Waals surface area (Å²) in [5.74, 6) is 8.87. The molecular weight excluding hydrogens is 652 g/mol. The fraction of sp³-hybridized carbons (Fsp3) is 0.633. The minimum Gasteiger partial charge on any atom is -0.497 e. The van der Waals surface area contributed by atoms with E-state index in [4.69, 9.17) is 9.47 Å². The fourth-order valence-corrected chi connectivity index (χ4v) is 19.8. The van der Waals surface area contributed by atoms with Gasteiger partial charge in [-0.25, -0.2) is 0 Å². The molecule has 52 heavy (non-hydrogen) atoms.